The quantitative estimate of drug-likeness (QED) is 0.727. The van der Waals surface area contributed by atoms with E-state index < -0.39 is 0 Å². The summed E-state index contributed by atoms with van der Waals surface area (Å²) in [6.45, 7) is 4.87. The van der Waals surface area contributed by atoms with Gasteiger partial charge < -0.3 is 10.0 Å². The first kappa shape index (κ1) is 15.0. The minimum absolute atomic E-state index is 0.123. The van der Waals surface area contributed by atoms with Crippen LogP contribution in [0.1, 0.15) is 26.2 Å². The van der Waals surface area contributed by atoms with E-state index in [2.05, 4.69) is 10.8 Å². The molecule has 18 heavy (non-hydrogen) atoms. The minimum atomic E-state index is -0.349. The van der Waals surface area contributed by atoms with Crippen molar-refractivity contribution in [3.05, 3.63) is 0 Å². The molecule has 1 saturated heterocycles. The van der Waals surface area contributed by atoms with E-state index in [9.17, 15) is 9.90 Å². The monoisotopic (exact) mass is 252 g/mol. The summed E-state index contributed by atoms with van der Waals surface area (Å²) in [7, 11) is 1.82. The number of terminal acetylenes is 1. The van der Waals surface area contributed by atoms with Crippen LogP contribution in [0, 0.1) is 18.3 Å². The van der Waals surface area contributed by atoms with Crippen molar-refractivity contribution in [1.29, 1.82) is 0 Å². The number of aliphatic hydroxyl groups excluding tert-OH is 1. The van der Waals surface area contributed by atoms with Crippen LogP contribution in [0.2, 0.25) is 0 Å². The molecule has 1 fully saturated rings. The lowest BCUT2D eigenvalue weighted by Gasteiger charge is -2.32. The van der Waals surface area contributed by atoms with Gasteiger partial charge in [-0.3, -0.25) is 9.69 Å². The third-order valence-electron chi connectivity index (χ3n) is 3.51. The number of nitrogens with zero attached hydrogens (tertiary/aromatic N) is 2. The molecule has 1 aliphatic rings. The Kier molecular flexibility index (Phi) is 6.17. The molecule has 1 amide bonds. The normalized spacial score (nSPS) is 19.2. The predicted octanol–water partition coefficient (Wildman–Crippen LogP) is 0.561. The highest BCUT2D eigenvalue weighted by molar-refractivity contribution is 5.78. The van der Waals surface area contributed by atoms with Gasteiger partial charge in [-0.1, -0.05) is 5.92 Å². The Morgan fingerprint density at radius 2 is 2.17 bits per heavy atom. The maximum atomic E-state index is 12.2. The zero-order chi connectivity index (χ0) is 13.5. The summed E-state index contributed by atoms with van der Waals surface area (Å²) in [5, 5.41) is 9.22. The second kappa shape index (κ2) is 7.40. The average molecular weight is 252 g/mol. The van der Waals surface area contributed by atoms with E-state index >= 15 is 0 Å². The lowest BCUT2D eigenvalue weighted by molar-refractivity contribution is -0.135. The van der Waals surface area contributed by atoms with E-state index in [1.807, 2.05) is 7.05 Å². The van der Waals surface area contributed by atoms with Gasteiger partial charge in [0.1, 0.15) is 0 Å². The van der Waals surface area contributed by atoms with Crippen molar-refractivity contribution in [2.75, 3.05) is 33.2 Å². The first-order valence-electron chi connectivity index (χ1n) is 6.63. The third-order valence-corrected chi connectivity index (χ3v) is 3.51. The number of likely N-dealkylation sites (tertiary alicyclic amines) is 1. The fourth-order valence-electron chi connectivity index (χ4n) is 2.27. The number of piperidine rings is 1. The van der Waals surface area contributed by atoms with E-state index in [1.54, 1.807) is 11.8 Å². The van der Waals surface area contributed by atoms with Crippen molar-refractivity contribution in [3.63, 3.8) is 0 Å². The van der Waals surface area contributed by atoms with E-state index in [-0.39, 0.29) is 17.9 Å². The highest BCUT2D eigenvalue weighted by atomic mass is 16.3. The van der Waals surface area contributed by atoms with Gasteiger partial charge in [0, 0.05) is 19.5 Å². The maximum Gasteiger partial charge on any atom is 0.225 e. The number of aliphatic hydroxyl groups is 1. The predicted molar refractivity (Wildman–Crippen MR) is 71.9 cm³/mol. The van der Waals surface area contributed by atoms with E-state index in [4.69, 9.17) is 6.42 Å². The summed E-state index contributed by atoms with van der Waals surface area (Å²) in [6.07, 6.45) is 7.34. The number of hydrogen-bond acceptors (Lipinski definition) is 3. The Labute approximate surface area is 110 Å². The first-order chi connectivity index (χ1) is 8.54. The van der Waals surface area contributed by atoms with Gasteiger partial charge in [0.15, 0.2) is 0 Å². The number of hydrogen-bond donors (Lipinski definition) is 1. The van der Waals surface area contributed by atoms with Crippen molar-refractivity contribution in [2.45, 2.75) is 32.3 Å². The largest absolute Gasteiger partial charge is 0.393 e. The van der Waals surface area contributed by atoms with Gasteiger partial charge in [0.25, 0.3) is 0 Å². The van der Waals surface area contributed by atoms with Crippen molar-refractivity contribution >= 4 is 5.91 Å². The van der Waals surface area contributed by atoms with Crippen molar-refractivity contribution in [1.82, 2.24) is 9.80 Å². The van der Waals surface area contributed by atoms with Gasteiger partial charge in [0.2, 0.25) is 5.91 Å². The summed E-state index contributed by atoms with van der Waals surface area (Å²) in [5.41, 5.74) is 0. The molecule has 1 heterocycles. The van der Waals surface area contributed by atoms with Gasteiger partial charge in [0.05, 0.1) is 12.6 Å². The Bertz CT molecular complexity index is 301. The molecule has 1 unspecified atom stereocenters. The number of carbonyl (C=O) groups is 1. The molecule has 4 nitrogen and oxygen atoms in total. The molecule has 1 N–H and O–H groups in total. The van der Waals surface area contributed by atoms with Gasteiger partial charge in [-0.2, -0.15) is 0 Å². The Morgan fingerprint density at radius 1 is 1.56 bits per heavy atom. The minimum Gasteiger partial charge on any atom is -0.393 e. The Balaban J connectivity index is 2.33. The van der Waals surface area contributed by atoms with Crippen LogP contribution >= 0.6 is 0 Å². The fraction of sp³-hybridized carbons (Fsp3) is 0.786. The molecule has 0 spiro atoms. The molecule has 1 aliphatic heterocycles. The smallest absolute Gasteiger partial charge is 0.225 e. The highest BCUT2D eigenvalue weighted by Crippen LogP contribution is 2.19. The third kappa shape index (κ3) is 4.67. The summed E-state index contributed by atoms with van der Waals surface area (Å²) in [4.78, 5) is 16.1. The van der Waals surface area contributed by atoms with Crippen molar-refractivity contribution in [3.8, 4) is 12.3 Å². The average Bonchev–Trinajstić information content (AvgIpc) is 2.36. The molecule has 0 aromatic heterocycles. The second-order valence-corrected chi connectivity index (χ2v) is 5.15. The molecular formula is C14H24N2O2. The van der Waals surface area contributed by atoms with Crippen LogP contribution in [0.15, 0.2) is 0 Å². The molecule has 0 aromatic rings. The molecule has 0 bridgehead atoms. The number of carbonyl (C=O) groups excluding carboxylic acids is 1. The molecule has 1 atom stereocenters. The topological polar surface area (TPSA) is 43.8 Å². The lowest BCUT2D eigenvalue weighted by atomic mass is 9.95. The van der Waals surface area contributed by atoms with Gasteiger partial charge >= 0.3 is 0 Å². The van der Waals surface area contributed by atoms with Crippen LogP contribution in [0.25, 0.3) is 0 Å². The second-order valence-electron chi connectivity index (χ2n) is 5.15. The number of rotatable bonds is 5. The van der Waals surface area contributed by atoms with Crippen LogP contribution in [0.3, 0.4) is 0 Å². The van der Waals surface area contributed by atoms with Crippen molar-refractivity contribution in [2.24, 2.45) is 5.92 Å². The fourth-order valence-corrected chi connectivity index (χ4v) is 2.27. The molecule has 1 rings (SSSR count). The molecule has 0 aromatic carbocycles. The van der Waals surface area contributed by atoms with E-state index in [0.717, 1.165) is 25.9 Å². The van der Waals surface area contributed by atoms with Crippen LogP contribution in [-0.4, -0.2) is 60.1 Å². The van der Waals surface area contributed by atoms with Crippen LogP contribution in [-0.2, 0) is 4.79 Å². The molecule has 0 saturated carbocycles. The molecule has 4 heteroatoms. The summed E-state index contributed by atoms with van der Waals surface area (Å²) < 4.78 is 0. The van der Waals surface area contributed by atoms with Crippen LogP contribution in [0.5, 0.6) is 0 Å². The summed E-state index contributed by atoms with van der Waals surface area (Å²) in [6, 6.07) is 0. The van der Waals surface area contributed by atoms with Crippen LogP contribution in [0.4, 0.5) is 0 Å². The molecular weight excluding hydrogens is 228 g/mol. The number of amides is 1. The summed E-state index contributed by atoms with van der Waals surface area (Å²) >= 11 is 0. The highest BCUT2D eigenvalue weighted by Gasteiger charge is 2.26. The lowest BCUT2D eigenvalue weighted by Crippen LogP contribution is -2.41. The van der Waals surface area contributed by atoms with E-state index in [1.165, 1.54) is 0 Å². The standard InChI is InChI=1S/C14H24N2O2/c1-4-8-16-10-6-13(7-11-16)14(18)15(3)9-5-12(2)17/h1,12-13,17H,5-11H2,2-3H3. The van der Waals surface area contributed by atoms with Crippen molar-refractivity contribution < 1.29 is 9.90 Å². The Morgan fingerprint density at radius 3 is 2.67 bits per heavy atom. The molecule has 102 valence electrons. The Hall–Kier alpha value is -1.05. The van der Waals surface area contributed by atoms with Gasteiger partial charge in [-0.25, -0.2) is 0 Å². The maximum absolute atomic E-state index is 12.2. The summed E-state index contributed by atoms with van der Waals surface area (Å²) in [5.74, 6) is 2.97. The zero-order valence-corrected chi connectivity index (χ0v) is 11.4. The first-order valence-corrected chi connectivity index (χ1v) is 6.63. The van der Waals surface area contributed by atoms with Crippen LogP contribution < -0.4 is 0 Å². The zero-order valence-electron chi connectivity index (χ0n) is 11.4. The SMILES string of the molecule is C#CCN1CCC(C(=O)N(C)CCC(C)O)CC1. The van der Waals surface area contributed by atoms with E-state index in [0.29, 0.717) is 19.5 Å². The molecule has 0 radical (unpaired) electrons. The molecule has 0 aliphatic carbocycles. The van der Waals surface area contributed by atoms with Gasteiger partial charge in [-0.15, -0.1) is 6.42 Å². The van der Waals surface area contributed by atoms with Gasteiger partial charge in [-0.05, 0) is 39.3 Å².